The monoisotopic (exact) mass is 260 g/mol. The van der Waals surface area contributed by atoms with Crippen LogP contribution >= 0.6 is 0 Å². The van der Waals surface area contributed by atoms with Gasteiger partial charge in [0.25, 0.3) is 0 Å². The van der Waals surface area contributed by atoms with Gasteiger partial charge in [-0.3, -0.25) is 9.59 Å². The highest BCUT2D eigenvalue weighted by atomic mass is 19.4. The van der Waals surface area contributed by atoms with Gasteiger partial charge in [-0.2, -0.15) is 13.2 Å². The van der Waals surface area contributed by atoms with Crippen LogP contribution in [0.4, 0.5) is 13.2 Å². The standard InChI is InChI=1S/C12H11F3O3/c1-2-18-11(17)7-10(16)8-5-3-4-6-9(8)12(13,14)15/h3-6H,2,7H2,1H3. The van der Waals surface area contributed by atoms with Gasteiger partial charge in [0, 0.05) is 5.56 Å². The van der Waals surface area contributed by atoms with E-state index < -0.39 is 35.5 Å². The second-order valence-electron chi connectivity index (χ2n) is 3.45. The van der Waals surface area contributed by atoms with Gasteiger partial charge in [-0.05, 0) is 13.0 Å². The Labute approximate surface area is 102 Å². The molecule has 0 amide bonds. The minimum Gasteiger partial charge on any atom is -0.466 e. The Hall–Kier alpha value is -1.85. The molecule has 0 unspecified atom stereocenters. The van der Waals surface area contributed by atoms with Gasteiger partial charge in [0.2, 0.25) is 0 Å². The number of ketones is 1. The molecule has 6 heteroatoms. The molecule has 0 aliphatic rings. The van der Waals surface area contributed by atoms with E-state index in [0.29, 0.717) is 0 Å². The summed E-state index contributed by atoms with van der Waals surface area (Å²) in [6.45, 7) is 1.62. The molecule has 1 aromatic rings. The molecule has 0 spiro atoms. The lowest BCUT2D eigenvalue weighted by atomic mass is 10.0. The van der Waals surface area contributed by atoms with E-state index in [4.69, 9.17) is 0 Å². The number of halogens is 3. The Morgan fingerprint density at radius 2 is 1.83 bits per heavy atom. The molecule has 0 N–H and O–H groups in total. The van der Waals surface area contributed by atoms with Gasteiger partial charge in [-0.15, -0.1) is 0 Å². The van der Waals surface area contributed by atoms with E-state index in [-0.39, 0.29) is 6.61 Å². The number of ether oxygens (including phenoxy) is 1. The quantitative estimate of drug-likeness (QED) is 0.475. The van der Waals surface area contributed by atoms with Crippen molar-refractivity contribution >= 4 is 11.8 Å². The smallest absolute Gasteiger partial charge is 0.417 e. The summed E-state index contributed by atoms with van der Waals surface area (Å²) < 4.78 is 42.4. The number of benzene rings is 1. The molecule has 0 fully saturated rings. The van der Waals surface area contributed by atoms with Crippen molar-refractivity contribution in [2.75, 3.05) is 6.61 Å². The van der Waals surface area contributed by atoms with Crippen molar-refractivity contribution in [1.82, 2.24) is 0 Å². The summed E-state index contributed by atoms with van der Waals surface area (Å²) in [5.74, 6) is -1.74. The van der Waals surface area contributed by atoms with Crippen LogP contribution in [0, 0.1) is 0 Å². The normalized spacial score (nSPS) is 11.1. The predicted octanol–water partition coefficient (Wildman–Crippen LogP) is 2.84. The second kappa shape index (κ2) is 5.66. The van der Waals surface area contributed by atoms with E-state index in [2.05, 4.69) is 4.74 Å². The first-order valence-corrected chi connectivity index (χ1v) is 5.21. The van der Waals surface area contributed by atoms with Crippen LogP contribution in [0.15, 0.2) is 24.3 Å². The van der Waals surface area contributed by atoms with Crippen LogP contribution < -0.4 is 0 Å². The summed E-state index contributed by atoms with van der Waals surface area (Å²) in [5.41, 5.74) is -1.56. The molecule has 1 aromatic carbocycles. The molecule has 0 aliphatic carbocycles. The maximum Gasteiger partial charge on any atom is 0.417 e. The molecule has 0 atom stereocenters. The highest BCUT2D eigenvalue weighted by molar-refractivity contribution is 6.06. The maximum absolute atomic E-state index is 12.6. The average Bonchev–Trinajstić information content (AvgIpc) is 2.28. The van der Waals surface area contributed by atoms with Crippen LogP contribution in [-0.4, -0.2) is 18.4 Å². The largest absolute Gasteiger partial charge is 0.466 e. The molecule has 0 bridgehead atoms. The third-order valence-corrected chi connectivity index (χ3v) is 2.14. The van der Waals surface area contributed by atoms with Gasteiger partial charge in [-0.1, -0.05) is 18.2 Å². The minimum atomic E-state index is -4.62. The molecule has 0 aliphatic heterocycles. The number of rotatable bonds is 4. The minimum absolute atomic E-state index is 0.0764. The number of hydrogen-bond acceptors (Lipinski definition) is 3. The van der Waals surface area contributed by atoms with E-state index in [9.17, 15) is 22.8 Å². The number of Topliss-reactive ketones (excluding diaryl/α,β-unsaturated/α-hetero) is 1. The van der Waals surface area contributed by atoms with Crippen molar-refractivity contribution in [2.45, 2.75) is 19.5 Å². The molecule has 0 aromatic heterocycles. The Bertz CT molecular complexity index is 452. The van der Waals surface area contributed by atoms with E-state index >= 15 is 0 Å². The first-order chi connectivity index (χ1) is 8.36. The zero-order valence-corrected chi connectivity index (χ0v) is 9.58. The zero-order chi connectivity index (χ0) is 13.8. The predicted molar refractivity (Wildman–Crippen MR) is 57.0 cm³/mol. The van der Waals surface area contributed by atoms with Gasteiger partial charge in [0.15, 0.2) is 5.78 Å². The van der Waals surface area contributed by atoms with Gasteiger partial charge in [-0.25, -0.2) is 0 Å². The summed E-state index contributed by atoms with van der Waals surface area (Å²) in [6.07, 6.45) is -5.32. The van der Waals surface area contributed by atoms with Crippen LogP contribution in [0.25, 0.3) is 0 Å². The SMILES string of the molecule is CCOC(=O)CC(=O)c1ccccc1C(F)(F)F. The van der Waals surface area contributed by atoms with Crippen molar-refractivity contribution < 1.29 is 27.5 Å². The van der Waals surface area contributed by atoms with Crippen molar-refractivity contribution in [3.8, 4) is 0 Å². The van der Waals surface area contributed by atoms with E-state index in [0.717, 1.165) is 12.1 Å². The maximum atomic E-state index is 12.6. The Morgan fingerprint density at radius 3 is 2.39 bits per heavy atom. The van der Waals surface area contributed by atoms with Gasteiger partial charge in [0.05, 0.1) is 12.2 Å². The van der Waals surface area contributed by atoms with Crippen LogP contribution in [-0.2, 0) is 15.7 Å². The average molecular weight is 260 g/mol. The third-order valence-electron chi connectivity index (χ3n) is 2.14. The molecule has 0 saturated heterocycles. The van der Waals surface area contributed by atoms with Gasteiger partial charge in [0.1, 0.15) is 6.42 Å². The van der Waals surface area contributed by atoms with E-state index in [1.165, 1.54) is 12.1 Å². The molecule has 0 heterocycles. The topological polar surface area (TPSA) is 43.4 Å². The first kappa shape index (κ1) is 14.2. The van der Waals surface area contributed by atoms with Gasteiger partial charge < -0.3 is 4.74 Å². The number of esters is 1. The fourth-order valence-corrected chi connectivity index (χ4v) is 1.41. The number of carbonyl (C=O) groups excluding carboxylic acids is 2. The van der Waals surface area contributed by atoms with Crippen LogP contribution in [0.2, 0.25) is 0 Å². The second-order valence-corrected chi connectivity index (χ2v) is 3.45. The molecule has 0 saturated carbocycles. The highest BCUT2D eigenvalue weighted by Crippen LogP contribution is 2.32. The molecule has 18 heavy (non-hydrogen) atoms. The lowest BCUT2D eigenvalue weighted by molar-refractivity contribution is -0.142. The molecule has 1 rings (SSSR count). The van der Waals surface area contributed by atoms with E-state index in [1.54, 1.807) is 6.92 Å². The summed E-state index contributed by atoms with van der Waals surface area (Å²) >= 11 is 0. The molecule has 98 valence electrons. The van der Waals surface area contributed by atoms with Crippen molar-refractivity contribution in [3.63, 3.8) is 0 Å². The molecular formula is C12H11F3O3. The summed E-state index contributed by atoms with van der Waals surface area (Å²) in [7, 11) is 0. The lowest BCUT2D eigenvalue weighted by Crippen LogP contribution is -2.16. The zero-order valence-electron chi connectivity index (χ0n) is 9.58. The Morgan fingerprint density at radius 1 is 1.22 bits per heavy atom. The molecule has 3 nitrogen and oxygen atoms in total. The summed E-state index contributed by atoms with van der Waals surface area (Å²) in [6, 6.07) is 4.35. The van der Waals surface area contributed by atoms with Crippen molar-refractivity contribution in [2.24, 2.45) is 0 Å². The summed E-state index contributed by atoms with van der Waals surface area (Å²) in [5, 5.41) is 0. The Kier molecular flexibility index (Phi) is 4.47. The summed E-state index contributed by atoms with van der Waals surface area (Å²) in [4.78, 5) is 22.7. The lowest BCUT2D eigenvalue weighted by Gasteiger charge is -2.11. The third kappa shape index (κ3) is 3.58. The van der Waals surface area contributed by atoms with E-state index in [1.807, 2.05) is 0 Å². The molecular weight excluding hydrogens is 249 g/mol. The first-order valence-electron chi connectivity index (χ1n) is 5.21. The van der Waals surface area contributed by atoms with Crippen LogP contribution in [0.5, 0.6) is 0 Å². The number of alkyl halides is 3. The Balaban J connectivity index is 2.96. The van der Waals surface area contributed by atoms with Gasteiger partial charge >= 0.3 is 12.1 Å². The molecule has 0 radical (unpaired) electrons. The fraction of sp³-hybridized carbons (Fsp3) is 0.333. The van der Waals surface area contributed by atoms with Crippen molar-refractivity contribution in [1.29, 1.82) is 0 Å². The highest BCUT2D eigenvalue weighted by Gasteiger charge is 2.35. The number of carbonyl (C=O) groups is 2. The fourth-order valence-electron chi connectivity index (χ4n) is 1.41. The van der Waals surface area contributed by atoms with Crippen LogP contribution in [0.3, 0.4) is 0 Å². The number of hydrogen-bond donors (Lipinski definition) is 0. The van der Waals surface area contributed by atoms with Crippen LogP contribution in [0.1, 0.15) is 29.3 Å². The van der Waals surface area contributed by atoms with Crippen molar-refractivity contribution in [3.05, 3.63) is 35.4 Å².